The molecule has 2 rings (SSSR count). The molecular weight excluding hydrogens is 372 g/mol. The number of halogens is 1. The SMILES string of the molecule is CCOc1ccc(Br)cc1/C=N/NCc1ccc(OC)c(OC)c1. The molecule has 0 aliphatic rings. The molecule has 0 spiro atoms. The maximum absolute atomic E-state index is 5.59. The molecule has 2 aromatic carbocycles. The number of ether oxygens (including phenoxy) is 3. The van der Waals surface area contributed by atoms with E-state index in [-0.39, 0.29) is 0 Å². The third-order valence-electron chi connectivity index (χ3n) is 3.30. The van der Waals surface area contributed by atoms with E-state index in [0.29, 0.717) is 24.7 Å². The Labute approximate surface area is 150 Å². The van der Waals surface area contributed by atoms with Crippen molar-refractivity contribution in [1.29, 1.82) is 0 Å². The van der Waals surface area contributed by atoms with Gasteiger partial charge in [0.25, 0.3) is 0 Å². The lowest BCUT2D eigenvalue weighted by Gasteiger charge is -2.09. The maximum Gasteiger partial charge on any atom is 0.161 e. The van der Waals surface area contributed by atoms with Gasteiger partial charge in [-0.3, -0.25) is 0 Å². The molecule has 0 radical (unpaired) electrons. The van der Waals surface area contributed by atoms with Crippen LogP contribution in [0.5, 0.6) is 17.2 Å². The number of rotatable bonds is 8. The van der Waals surface area contributed by atoms with Crippen molar-refractivity contribution < 1.29 is 14.2 Å². The first-order chi connectivity index (χ1) is 11.7. The van der Waals surface area contributed by atoms with Crippen LogP contribution in [0.2, 0.25) is 0 Å². The Morgan fingerprint density at radius 1 is 1.04 bits per heavy atom. The average molecular weight is 393 g/mol. The molecule has 128 valence electrons. The Morgan fingerprint density at radius 3 is 2.50 bits per heavy atom. The third kappa shape index (κ3) is 4.89. The topological polar surface area (TPSA) is 52.1 Å². The third-order valence-corrected chi connectivity index (χ3v) is 3.79. The Hall–Kier alpha value is -2.21. The molecule has 0 aliphatic heterocycles. The van der Waals surface area contributed by atoms with E-state index in [1.165, 1.54) is 0 Å². The molecule has 0 aliphatic carbocycles. The molecule has 24 heavy (non-hydrogen) atoms. The van der Waals surface area contributed by atoms with Gasteiger partial charge in [-0.15, -0.1) is 0 Å². The molecule has 0 fully saturated rings. The van der Waals surface area contributed by atoms with Gasteiger partial charge in [-0.25, -0.2) is 0 Å². The Kier molecular flexibility index (Phi) is 6.93. The first-order valence-electron chi connectivity index (χ1n) is 7.57. The van der Waals surface area contributed by atoms with Crippen molar-refractivity contribution in [2.45, 2.75) is 13.5 Å². The standard InChI is InChI=1S/C18H21BrN2O3/c1-4-24-16-8-6-15(19)10-14(16)12-21-20-11-13-5-7-17(22-2)18(9-13)23-3/h5-10,12,20H,4,11H2,1-3H3/b21-12+. The zero-order chi connectivity index (χ0) is 17.4. The van der Waals surface area contributed by atoms with E-state index in [4.69, 9.17) is 14.2 Å². The van der Waals surface area contributed by atoms with Crippen LogP contribution in [-0.4, -0.2) is 27.0 Å². The molecule has 0 heterocycles. The molecule has 2 aromatic rings. The zero-order valence-corrected chi connectivity index (χ0v) is 15.6. The van der Waals surface area contributed by atoms with Crippen molar-refractivity contribution in [2.24, 2.45) is 5.10 Å². The highest BCUT2D eigenvalue weighted by molar-refractivity contribution is 9.10. The summed E-state index contributed by atoms with van der Waals surface area (Å²) < 4.78 is 17.1. The predicted octanol–water partition coefficient (Wildman–Crippen LogP) is 3.99. The number of benzene rings is 2. The van der Waals surface area contributed by atoms with Gasteiger partial charge < -0.3 is 19.6 Å². The van der Waals surface area contributed by atoms with Crippen LogP contribution < -0.4 is 19.6 Å². The van der Waals surface area contributed by atoms with Crippen molar-refractivity contribution in [2.75, 3.05) is 20.8 Å². The fourth-order valence-electron chi connectivity index (χ4n) is 2.15. The number of methoxy groups -OCH3 is 2. The smallest absolute Gasteiger partial charge is 0.161 e. The van der Waals surface area contributed by atoms with Gasteiger partial charge in [0.05, 0.1) is 33.6 Å². The van der Waals surface area contributed by atoms with E-state index in [1.807, 2.05) is 43.3 Å². The Morgan fingerprint density at radius 2 is 1.79 bits per heavy atom. The second-order valence-corrected chi connectivity index (χ2v) is 5.81. The van der Waals surface area contributed by atoms with Crippen LogP contribution in [-0.2, 0) is 6.54 Å². The summed E-state index contributed by atoms with van der Waals surface area (Å²) in [4.78, 5) is 0. The van der Waals surface area contributed by atoms with E-state index in [2.05, 4.69) is 26.5 Å². The summed E-state index contributed by atoms with van der Waals surface area (Å²) in [5.41, 5.74) is 4.98. The molecule has 0 saturated heterocycles. The summed E-state index contributed by atoms with van der Waals surface area (Å²) in [6.07, 6.45) is 1.75. The zero-order valence-electron chi connectivity index (χ0n) is 14.0. The van der Waals surface area contributed by atoms with Gasteiger partial charge in [0.2, 0.25) is 0 Å². The highest BCUT2D eigenvalue weighted by Gasteiger charge is 2.04. The van der Waals surface area contributed by atoms with Crippen LogP contribution in [0.15, 0.2) is 46.0 Å². The van der Waals surface area contributed by atoms with E-state index in [1.54, 1.807) is 20.4 Å². The molecule has 1 N–H and O–H groups in total. The molecule has 0 aromatic heterocycles. The van der Waals surface area contributed by atoms with Crippen LogP contribution in [0.25, 0.3) is 0 Å². The molecule has 0 saturated carbocycles. The van der Waals surface area contributed by atoms with Gasteiger partial charge in [0.1, 0.15) is 5.75 Å². The molecule has 0 bridgehead atoms. The van der Waals surface area contributed by atoms with Gasteiger partial charge in [0, 0.05) is 10.0 Å². The maximum atomic E-state index is 5.59. The van der Waals surface area contributed by atoms with Crippen molar-refractivity contribution in [1.82, 2.24) is 5.43 Å². The van der Waals surface area contributed by atoms with E-state index in [0.717, 1.165) is 21.3 Å². The van der Waals surface area contributed by atoms with Crippen LogP contribution in [0.1, 0.15) is 18.1 Å². The van der Waals surface area contributed by atoms with Crippen LogP contribution in [0, 0.1) is 0 Å². The average Bonchev–Trinajstić information content (AvgIpc) is 2.60. The largest absolute Gasteiger partial charge is 0.493 e. The minimum atomic E-state index is 0.578. The monoisotopic (exact) mass is 392 g/mol. The minimum Gasteiger partial charge on any atom is -0.493 e. The van der Waals surface area contributed by atoms with Gasteiger partial charge in [-0.2, -0.15) is 5.10 Å². The number of hydrogen-bond acceptors (Lipinski definition) is 5. The fourth-order valence-corrected chi connectivity index (χ4v) is 2.53. The number of hydrogen-bond donors (Lipinski definition) is 1. The molecule has 0 atom stereocenters. The molecule has 0 amide bonds. The van der Waals surface area contributed by atoms with Crippen LogP contribution in [0.3, 0.4) is 0 Å². The fraction of sp³-hybridized carbons (Fsp3) is 0.278. The van der Waals surface area contributed by atoms with E-state index < -0.39 is 0 Å². The van der Waals surface area contributed by atoms with Gasteiger partial charge in [-0.05, 0) is 42.8 Å². The van der Waals surface area contributed by atoms with Crippen LogP contribution in [0.4, 0.5) is 0 Å². The van der Waals surface area contributed by atoms with Crippen molar-refractivity contribution in [3.05, 3.63) is 52.0 Å². The summed E-state index contributed by atoms with van der Waals surface area (Å²) in [6, 6.07) is 11.6. The summed E-state index contributed by atoms with van der Waals surface area (Å²) in [6.45, 7) is 3.15. The normalized spacial score (nSPS) is 10.7. The quantitative estimate of drug-likeness (QED) is 0.544. The summed E-state index contributed by atoms with van der Waals surface area (Å²) in [5, 5.41) is 4.27. The first-order valence-corrected chi connectivity index (χ1v) is 8.36. The van der Waals surface area contributed by atoms with Crippen molar-refractivity contribution in [3.8, 4) is 17.2 Å². The lowest BCUT2D eigenvalue weighted by molar-refractivity contribution is 0.339. The summed E-state index contributed by atoms with van der Waals surface area (Å²) in [5.74, 6) is 2.21. The summed E-state index contributed by atoms with van der Waals surface area (Å²) in [7, 11) is 3.24. The molecular formula is C18H21BrN2O3. The van der Waals surface area contributed by atoms with Gasteiger partial charge in [0.15, 0.2) is 11.5 Å². The highest BCUT2D eigenvalue weighted by atomic mass is 79.9. The second-order valence-electron chi connectivity index (χ2n) is 4.90. The summed E-state index contributed by atoms with van der Waals surface area (Å²) >= 11 is 3.46. The van der Waals surface area contributed by atoms with Gasteiger partial charge in [-0.1, -0.05) is 22.0 Å². The second kappa shape index (κ2) is 9.17. The number of nitrogens with zero attached hydrogens (tertiary/aromatic N) is 1. The predicted molar refractivity (Wildman–Crippen MR) is 99.3 cm³/mol. The Balaban J connectivity index is 2.01. The lowest BCUT2D eigenvalue weighted by Crippen LogP contribution is -2.06. The van der Waals surface area contributed by atoms with Crippen LogP contribution >= 0.6 is 15.9 Å². The number of hydrazone groups is 1. The van der Waals surface area contributed by atoms with E-state index in [9.17, 15) is 0 Å². The molecule has 6 heteroatoms. The lowest BCUT2D eigenvalue weighted by atomic mass is 10.2. The Bertz CT molecular complexity index is 705. The van der Waals surface area contributed by atoms with Gasteiger partial charge >= 0.3 is 0 Å². The van der Waals surface area contributed by atoms with E-state index >= 15 is 0 Å². The molecule has 5 nitrogen and oxygen atoms in total. The van der Waals surface area contributed by atoms with Crippen molar-refractivity contribution in [3.63, 3.8) is 0 Å². The number of nitrogens with one attached hydrogen (secondary N) is 1. The highest BCUT2D eigenvalue weighted by Crippen LogP contribution is 2.27. The molecule has 0 unspecified atom stereocenters. The minimum absolute atomic E-state index is 0.578. The van der Waals surface area contributed by atoms with Crippen molar-refractivity contribution >= 4 is 22.1 Å². The first kappa shape index (κ1) is 18.1.